The Bertz CT molecular complexity index is 1250. The first-order valence-corrected chi connectivity index (χ1v) is 12.8. The highest BCUT2D eigenvalue weighted by atomic mass is 19.4. The van der Waals surface area contributed by atoms with Crippen molar-refractivity contribution >= 4 is 23.4 Å². The molecule has 0 saturated heterocycles. The molecule has 1 aliphatic rings. The molecule has 2 aromatic carbocycles. The molecule has 1 fully saturated rings. The molecular weight excluding hydrogens is 531 g/mol. The van der Waals surface area contributed by atoms with Crippen LogP contribution in [0.4, 0.5) is 29.3 Å². The maximum atomic E-state index is 12.6. The van der Waals surface area contributed by atoms with Crippen molar-refractivity contribution in [3.05, 3.63) is 58.1 Å². The summed E-state index contributed by atoms with van der Waals surface area (Å²) in [4.78, 5) is 35.8. The van der Waals surface area contributed by atoms with Gasteiger partial charge in [0.2, 0.25) is 0 Å². The van der Waals surface area contributed by atoms with Crippen LogP contribution >= 0.6 is 0 Å². The number of anilines is 1. The van der Waals surface area contributed by atoms with Crippen molar-refractivity contribution < 1.29 is 37.5 Å². The quantitative estimate of drug-likeness (QED) is 0.260. The van der Waals surface area contributed by atoms with E-state index in [1.807, 2.05) is 20.8 Å². The Hall–Kier alpha value is -3.83. The van der Waals surface area contributed by atoms with Gasteiger partial charge in [-0.2, -0.15) is 13.2 Å². The molecule has 2 N–H and O–H groups in total. The summed E-state index contributed by atoms with van der Waals surface area (Å²) in [6, 6.07) is 9.16. The Labute approximate surface area is 230 Å². The van der Waals surface area contributed by atoms with Gasteiger partial charge in [-0.3, -0.25) is 19.8 Å². The second-order valence-corrected chi connectivity index (χ2v) is 11.9. The van der Waals surface area contributed by atoms with Crippen LogP contribution in [0.1, 0.15) is 71.9 Å². The molecule has 0 aromatic heterocycles. The van der Waals surface area contributed by atoms with Crippen molar-refractivity contribution in [1.82, 2.24) is 4.90 Å². The zero-order valence-electron chi connectivity index (χ0n) is 23.0. The van der Waals surface area contributed by atoms with Crippen LogP contribution in [0.2, 0.25) is 0 Å². The minimum atomic E-state index is -5.21. The summed E-state index contributed by atoms with van der Waals surface area (Å²) in [5.74, 6) is -2.09. The lowest BCUT2D eigenvalue weighted by molar-refractivity contribution is -0.384. The Morgan fingerprint density at radius 3 is 2.10 bits per heavy atom. The number of carboxylic acid groups (broad SMARTS) is 1. The minimum absolute atomic E-state index is 0.0335. The maximum absolute atomic E-state index is 12.6. The Balaban J connectivity index is 1.85. The smallest absolute Gasteiger partial charge is 0.465 e. The molecule has 1 atom stereocenters. The maximum Gasteiger partial charge on any atom is 0.471 e. The number of hydrogen-bond donors (Lipinski definition) is 2. The number of carbonyl (C=O) groups is 2. The van der Waals surface area contributed by atoms with Gasteiger partial charge in [-0.05, 0) is 66.3 Å². The topological polar surface area (TPSA) is 122 Å². The van der Waals surface area contributed by atoms with Crippen LogP contribution < -0.4 is 10.1 Å². The van der Waals surface area contributed by atoms with Crippen molar-refractivity contribution in [2.24, 2.45) is 10.8 Å². The number of ether oxygens (including phenoxy) is 1. The molecule has 1 unspecified atom stereocenters. The number of nitrogens with zero attached hydrogens (tertiary/aromatic N) is 2. The number of benzene rings is 2. The van der Waals surface area contributed by atoms with Gasteiger partial charge in [0.05, 0.1) is 17.0 Å². The lowest BCUT2D eigenvalue weighted by Crippen LogP contribution is -2.48. The second kappa shape index (κ2) is 11.3. The normalized spacial score (nSPS) is 16.6. The van der Waals surface area contributed by atoms with Crippen molar-refractivity contribution in [2.45, 2.75) is 78.6 Å². The summed E-state index contributed by atoms with van der Waals surface area (Å²) in [6.07, 6.45) is -2.81. The van der Waals surface area contributed by atoms with Gasteiger partial charge in [-0.1, -0.05) is 46.8 Å². The van der Waals surface area contributed by atoms with E-state index in [-0.39, 0.29) is 23.0 Å². The van der Waals surface area contributed by atoms with Gasteiger partial charge < -0.3 is 15.2 Å². The van der Waals surface area contributed by atoms with Crippen molar-refractivity contribution in [2.75, 3.05) is 5.32 Å². The molecule has 3 rings (SSSR count). The van der Waals surface area contributed by atoms with Gasteiger partial charge in [-0.15, -0.1) is 0 Å². The number of nitrogens with one attached hydrogen (secondary N) is 1. The van der Waals surface area contributed by atoms with E-state index in [1.165, 1.54) is 11.4 Å². The SMILES string of the molecule is CC1(C)CCC(N(C(=O)O)C(c2ccc(Oc3ccc(NC(=O)C(F)(F)F)c([N+](=O)[O-])c3)cc2)C(C)(C)C)CC1. The first kappa shape index (κ1) is 30.7. The third-order valence-corrected chi connectivity index (χ3v) is 7.12. The summed E-state index contributed by atoms with van der Waals surface area (Å²) in [6.45, 7) is 10.3. The van der Waals surface area contributed by atoms with Crippen LogP contribution in [0.15, 0.2) is 42.5 Å². The largest absolute Gasteiger partial charge is 0.471 e. The van der Waals surface area contributed by atoms with Crippen LogP contribution in [0.25, 0.3) is 0 Å². The summed E-state index contributed by atoms with van der Waals surface area (Å²) in [7, 11) is 0. The van der Waals surface area contributed by atoms with Gasteiger partial charge in [0, 0.05) is 6.04 Å². The van der Waals surface area contributed by atoms with E-state index in [0.29, 0.717) is 0 Å². The predicted molar refractivity (Wildman–Crippen MR) is 142 cm³/mol. The standard InChI is InChI=1S/C28H34F3N3O6/c1-26(2,3)23(33(25(36)37)18-12-14-27(4,5)15-13-18)17-6-8-19(9-7-17)40-20-10-11-21(22(16-20)34(38)39)32-24(35)28(29,30)31/h6-11,16,18,23H,12-15H2,1-5H3,(H,32,35)(H,36,37). The highest BCUT2D eigenvalue weighted by molar-refractivity contribution is 5.96. The number of rotatable bonds is 7. The molecule has 2 amide bonds. The van der Waals surface area contributed by atoms with Crippen LogP contribution in [-0.4, -0.2) is 39.1 Å². The van der Waals surface area contributed by atoms with Crippen LogP contribution in [0.3, 0.4) is 0 Å². The molecule has 9 nitrogen and oxygen atoms in total. The molecule has 0 radical (unpaired) electrons. The van der Waals surface area contributed by atoms with Crippen molar-refractivity contribution in [1.29, 1.82) is 0 Å². The average Bonchev–Trinajstić information content (AvgIpc) is 2.83. The number of nitro groups is 1. The number of alkyl halides is 3. The van der Waals surface area contributed by atoms with Gasteiger partial charge in [0.25, 0.3) is 5.69 Å². The molecule has 0 spiro atoms. The molecule has 12 heteroatoms. The predicted octanol–water partition coefficient (Wildman–Crippen LogP) is 7.92. The van der Waals surface area contributed by atoms with E-state index in [4.69, 9.17) is 4.74 Å². The summed E-state index contributed by atoms with van der Waals surface area (Å²) >= 11 is 0. The Morgan fingerprint density at radius 1 is 1.07 bits per heavy atom. The van der Waals surface area contributed by atoms with Gasteiger partial charge in [0.1, 0.15) is 17.2 Å². The number of nitro benzene ring substituents is 1. The highest BCUT2D eigenvalue weighted by Crippen LogP contribution is 2.45. The Morgan fingerprint density at radius 2 is 1.62 bits per heavy atom. The monoisotopic (exact) mass is 565 g/mol. The lowest BCUT2D eigenvalue weighted by atomic mass is 9.73. The molecule has 0 bridgehead atoms. The van der Waals surface area contributed by atoms with Gasteiger partial charge >= 0.3 is 18.2 Å². The second-order valence-electron chi connectivity index (χ2n) is 11.9. The zero-order valence-corrected chi connectivity index (χ0v) is 23.0. The summed E-state index contributed by atoms with van der Waals surface area (Å²) < 4.78 is 43.5. The Kier molecular flexibility index (Phi) is 8.71. The van der Waals surface area contributed by atoms with Crippen LogP contribution in [0.5, 0.6) is 11.5 Å². The van der Waals surface area contributed by atoms with Gasteiger partial charge in [0.15, 0.2) is 0 Å². The fourth-order valence-corrected chi connectivity index (χ4v) is 5.10. The summed E-state index contributed by atoms with van der Waals surface area (Å²) in [5.41, 5.74) is -0.905. The zero-order chi connectivity index (χ0) is 30.0. The third-order valence-electron chi connectivity index (χ3n) is 7.12. The minimum Gasteiger partial charge on any atom is -0.465 e. The van der Waals surface area contributed by atoms with E-state index >= 15 is 0 Å². The molecule has 1 aliphatic carbocycles. The first-order valence-electron chi connectivity index (χ1n) is 12.8. The van der Waals surface area contributed by atoms with E-state index < -0.39 is 45.9 Å². The highest BCUT2D eigenvalue weighted by Gasteiger charge is 2.42. The van der Waals surface area contributed by atoms with Crippen molar-refractivity contribution in [3.63, 3.8) is 0 Å². The fourth-order valence-electron chi connectivity index (χ4n) is 5.10. The van der Waals surface area contributed by atoms with Crippen LogP contribution in [-0.2, 0) is 4.79 Å². The first-order chi connectivity index (χ1) is 18.4. The lowest BCUT2D eigenvalue weighted by Gasteiger charge is -2.46. The third kappa shape index (κ3) is 7.42. The summed E-state index contributed by atoms with van der Waals surface area (Å²) in [5, 5.41) is 23.2. The molecule has 1 saturated carbocycles. The molecule has 40 heavy (non-hydrogen) atoms. The molecule has 2 aromatic rings. The number of hydrogen-bond acceptors (Lipinski definition) is 5. The number of halogens is 3. The van der Waals surface area contributed by atoms with E-state index in [0.717, 1.165) is 43.4 Å². The average molecular weight is 566 g/mol. The number of carbonyl (C=O) groups excluding carboxylic acids is 1. The van der Waals surface area contributed by atoms with E-state index in [1.54, 1.807) is 29.2 Å². The van der Waals surface area contributed by atoms with Crippen LogP contribution in [0, 0.1) is 20.9 Å². The van der Waals surface area contributed by atoms with Gasteiger partial charge in [-0.25, -0.2) is 4.79 Å². The fraction of sp³-hybridized carbons (Fsp3) is 0.500. The van der Waals surface area contributed by atoms with E-state index in [9.17, 15) is 38.0 Å². The van der Waals surface area contributed by atoms with E-state index in [2.05, 4.69) is 13.8 Å². The number of amides is 2. The molecule has 0 aliphatic heterocycles. The molecular formula is C28H34F3N3O6. The van der Waals surface area contributed by atoms with Crippen molar-refractivity contribution in [3.8, 4) is 11.5 Å². The molecule has 0 heterocycles. The molecule has 218 valence electrons.